The molecule has 1 heterocycles. The Balaban J connectivity index is 1.98. The number of sulfone groups is 1. The highest BCUT2D eigenvalue weighted by Crippen LogP contribution is 2.34. The molecule has 0 amide bonds. The lowest BCUT2D eigenvalue weighted by Crippen LogP contribution is -2.26. The highest BCUT2D eigenvalue weighted by atomic mass is 35.5. The van der Waals surface area contributed by atoms with Gasteiger partial charge in [-0.2, -0.15) is 0 Å². The Morgan fingerprint density at radius 2 is 1.96 bits per heavy atom. The van der Waals surface area contributed by atoms with Gasteiger partial charge in [0, 0.05) is 6.26 Å². The first-order valence-corrected chi connectivity index (χ1v) is 11.8. The number of halogens is 2. The summed E-state index contributed by atoms with van der Waals surface area (Å²) in [5, 5.41) is 0.0534. The number of nitrogens with one attached hydrogen (secondary N) is 1. The highest BCUT2D eigenvalue weighted by Gasteiger charge is 2.29. The minimum Gasteiger partial charge on any atom is -0.362 e. The lowest BCUT2D eigenvalue weighted by atomic mass is 9.85. The molecule has 3 rings (SSSR count). The van der Waals surface area contributed by atoms with Crippen molar-refractivity contribution in [3.63, 3.8) is 0 Å². The van der Waals surface area contributed by atoms with Crippen LogP contribution in [0.2, 0.25) is 5.02 Å². The molecule has 2 atom stereocenters. The molecule has 8 heteroatoms. The van der Waals surface area contributed by atoms with E-state index in [1.807, 2.05) is 6.92 Å². The molecule has 1 aromatic heterocycles. The van der Waals surface area contributed by atoms with E-state index in [4.69, 9.17) is 16.3 Å². The van der Waals surface area contributed by atoms with E-state index in [9.17, 15) is 12.8 Å². The van der Waals surface area contributed by atoms with E-state index < -0.39 is 21.8 Å². The van der Waals surface area contributed by atoms with Crippen LogP contribution in [0.5, 0.6) is 0 Å². The molecule has 154 valence electrons. The van der Waals surface area contributed by atoms with Crippen LogP contribution >= 0.6 is 11.6 Å². The van der Waals surface area contributed by atoms with E-state index in [0.29, 0.717) is 23.0 Å². The topological polar surface area (TPSA) is 72.0 Å². The Kier molecular flexibility index (Phi) is 6.47. The molecule has 1 aliphatic rings. The van der Waals surface area contributed by atoms with Crippen LogP contribution in [0.1, 0.15) is 62.2 Å². The van der Waals surface area contributed by atoms with E-state index in [1.165, 1.54) is 31.4 Å². The van der Waals surface area contributed by atoms with Crippen molar-refractivity contribution in [2.75, 3.05) is 6.26 Å². The third-order valence-corrected chi connectivity index (χ3v) is 6.82. The van der Waals surface area contributed by atoms with Gasteiger partial charge in [-0.05, 0) is 50.3 Å². The van der Waals surface area contributed by atoms with Crippen molar-refractivity contribution in [2.24, 2.45) is 5.92 Å². The summed E-state index contributed by atoms with van der Waals surface area (Å²) in [6.45, 7) is 3.66. The molecular weight excluding hydrogens is 403 g/mol. The van der Waals surface area contributed by atoms with E-state index in [1.54, 1.807) is 13.0 Å². The molecule has 1 fully saturated rings. The second-order valence-electron chi connectivity index (χ2n) is 7.60. The number of imidazole rings is 1. The van der Waals surface area contributed by atoms with Crippen LogP contribution in [0, 0.1) is 18.7 Å². The van der Waals surface area contributed by atoms with Crippen LogP contribution in [0.15, 0.2) is 23.2 Å². The van der Waals surface area contributed by atoms with Crippen molar-refractivity contribution < 1.29 is 17.5 Å². The predicted molar refractivity (Wildman–Crippen MR) is 107 cm³/mol. The zero-order valence-electron chi connectivity index (χ0n) is 16.3. The molecule has 0 bridgehead atoms. The summed E-state index contributed by atoms with van der Waals surface area (Å²) in [5.41, 5.74) is 1.01. The third kappa shape index (κ3) is 4.75. The Bertz CT molecular complexity index is 939. The number of ether oxygens (including phenoxy) is 1. The molecule has 0 radical (unpaired) electrons. The molecule has 1 saturated carbocycles. The van der Waals surface area contributed by atoms with Gasteiger partial charge in [0.15, 0.2) is 14.9 Å². The lowest BCUT2D eigenvalue weighted by Gasteiger charge is -2.30. The molecule has 1 N–H and O–H groups in total. The number of aromatic nitrogens is 2. The fourth-order valence-corrected chi connectivity index (χ4v) is 4.92. The summed E-state index contributed by atoms with van der Waals surface area (Å²) in [4.78, 5) is 7.31. The molecule has 0 spiro atoms. The van der Waals surface area contributed by atoms with Crippen LogP contribution in [0.4, 0.5) is 4.39 Å². The summed E-state index contributed by atoms with van der Waals surface area (Å²) in [6, 6.07) is 4.39. The molecule has 2 unspecified atom stereocenters. The maximum absolute atomic E-state index is 13.7. The van der Waals surface area contributed by atoms with Crippen molar-refractivity contribution in [3.8, 4) is 0 Å². The second kappa shape index (κ2) is 8.51. The molecular formula is C20H26ClFN2O3S. The van der Waals surface area contributed by atoms with Crippen molar-refractivity contribution in [2.45, 2.75) is 63.2 Å². The highest BCUT2D eigenvalue weighted by molar-refractivity contribution is 7.90. The Morgan fingerprint density at radius 1 is 1.29 bits per heavy atom. The molecule has 0 saturated heterocycles. The van der Waals surface area contributed by atoms with Gasteiger partial charge in [-0.25, -0.2) is 17.8 Å². The zero-order chi connectivity index (χ0) is 20.5. The summed E-state index contributed by atoms with van der Waals surface area (Å²) < 4.78 is 44.1. The van der Waals surface area contributed by atoms with E-state index in [0.717, 1.165) is 19.1 Å². The Labute approximate surface area is 170 Å². The quantitative estimate of drug-likeness (QED) is 0.703. The van der Waals surface area contributed by atoms with Crippen LogP contribution in [0.3, 0.4) is 0 Å². The molecule has 1 aromatic carbocycles. The first-order chi connectivity index (χ1) is 13.2. The fraction of sp³-hybridized carbons (Fsp3) is 0.550. The van der Waals surface area contributed by atoms with Gasteiger partial charge >= 0.3 is 0 Å². The number of hydrogen-bond donors (Lipinski definition) is 1. The smallest absolute Gasteiger partial charge is 0.192 e. The van der Waals surface area contributed by atoms with Crippen LogP contribution in [0.25, 0.3) is 0 Å². The predicted octanol–water partition coefficient (Wildman–Crippen LogP) is 4.99. The largest absolute Gasteiger partial charge is 0.362 e. The van der Waals surface area contributed by atoms with Crippen molar-refractivity contribution >= 4 is 21.4 Å². The van der Waals surface area contributed by atoms with E-state index in [-0.39, 0.29) is 16.2 Å². The summed E-state index contributed by atoms with van der Waals surface area (Å²) in [5.74, 6) is 0.290. The number of aryl methyl sites for hydroxylation is 1. The number of H-pyrrole nitrogens is 1. The first-order valence-electron chi connectivity index (χ1n) is 9.53. The average molecular weight is 429 g/mol. The summed E-state index contributed by atoms with van der Waals surface area (Å²) in [6.07, 6.45) is 6.23. The van der Waals surface area contributed by atoms with Crippen molar-refractivity contribution in [1.82, 2.24) is 9.97 Å². The van der Waals surface area contributed by atoms with Gasteiger partial charge in [-0.3, -0.25) is 0 Å². The van der Waals surface area contributed by atoms with E-state index >= 15 is 0 Å². The van der Waals surface area contributed by atoms with Gasteiger partial charge in [0.25, 0.3) is 0 Å². The maximum Gasteiger partial charge on any atom is 0.192 e. The normalized spacial score (nSPS) is 18.2. The number of aromatic amines is 1. The molecule has 2 aromatic rings. The number of rotatable bonds is 6. The monoisotopic (exact) mass is 428 g/mol. The number of benzene rings is 1. The Morgan fingerprint density at radius 3 is 2.54 bits per heavy atom. The van der Waals surface area contributed by atoms with Gasteiger partial charge in [0.05, 0.1) is 16.8 Å². The Hall–Kier alpha value is -1.44. The molecule has 0 aliphatic heterocycles. The third-order valence-electron chi connectivity index (χ3n) is 5.39. The minimum atomic E-state index is -3.45. The van der Waals surface area contributed by atoms with Gasteiger partial charge in [0.2, 0.25) is 0 Å². The minimum absolute atomic E-state index is 0.0111. The van der Waals surface area contributed by atoms with Crippen molar-refractivity contribution in [3.05, 3.63) is 46.1 Å². The van der Waals surface area contributed by atoms with Gasteiger partial charge in [0.1, 0.15) is 17.7 Å². The van der Waals surface area contributed by atoms with Crippen LogP contribution in [-0.4, -0.2) is 30.7 Å². The van der Waals surface area contributed by atoms with E-state index in [2.05, 4.69) is 9.97 Å². The summed E-state index contributed by atoms with van der Waals surface area (Å²) in [7, 11) is -3.45. The zero-order valence-corrected chi connectivity index (χ0v) is 17.9. The van der Waals surface area contributed by atoms with Crippen LogP contribution in [-0.2, 0) is 14.6 Å². The number of hydrogen-bond acceptors (Lipinski definition) is 4. The SMILES string of the molecule is Cc1nc(C(OC(C)C2CCCCC2)c2ccc(F)c(Cl)c2)[nH]c1S(C)(=O)=O. The number of nitrogens with zero attached hydrogens (tertiary/aromatic N) is 1. The first kappa shape index (κ1) is 21.3. The van der Waals surface area contributed by atoms with Crippen LogP contribution < -0.4 is 0 Å². The van der Waals surface area contributed by atoms with Crippen molar-refractivity contribution in [1.29, 1.82) is 0 Å². The molecule has 28 heavy (non-hydrogen) atoms. The van der Waals surface area contributed by atoms with Gasteiger partial charge in [-0.1, -0.05) is 36.9 Å². The fourth-order valence-electron chi connectivity index (χ4n) is 3.86. The maximum atomic E-state index is 13.7. The van der Waals surface area contributed by atoms with Gasteiger partial charge in [-0.15, -0.1) is 0 Å². The molecule has 1 aliphatic carbocycles. The average Bonchev–Trinajstić information content (AvgIpc) is 3.04. The standard InChI is InChI=1S/C20H26ClFN2O3S/c1-12-20(28(3,25)26)24-19(23-12)18(15-9-10-17(22)16(21)11-15)27-13(2)14-7-5-4-6-8-14/h9-11,13-14,18H,4-8H2,1-3H3,(H,23,24). The molecule has 5 nitrogen and oxygen atoms in total. The van der Waals surface area contributed by atoms with Gasteiger partial charge < -0.3 is 9.72 Å². The lowest BCUT2D eigenvalue weighted by molar-refractivity contribution is -0.0275. The second-order valence-corrected chi connectivity index (χ2v) is 9.96. The summed E-state index contributed by atoms with van der Waals surface area (Å²) >= 11 is 5.98.